The number of nitrogens with zero attached hydrogens (tertiary/aromatic N) is 1. The Hall–Kier alpha value is -0.810. The van der Waals surface area contributed by atoms with Gasteiger partial charge in [-0.25, -0.2) is 4.79 Å². The van der Waals surface area contributed by atoms with Crippen LogP contribution in [-0.2, 0) is 4.74 Å². The average molecular weight is 229 g/mol. The van der Waals surface area contributed by atoms with E-state index in [1.807, 2.05) is 27.7 Å². The van der Waals surface area contributed by atoms with Crippen molar-refractivity contribution >= 4 is 6.09 Å². The molecule has 0 aromatic rings. The van der Waals surface area contributed by atoms with Gasteiger partial charge in [0, 0.05) is 18.6 Å². The molecule has 1 fully saturated rings. The molecule has 2 unspecified atom stereocenters. The smallest absolute Gasteiger partial charge is 0.410 e. The van der Waals surface area contributed by atoms with Crippen molar-refractivity contribution in [2.45, 2.75) is 58.2 Å². The molecule has 1 amide bonds. The fraction of sp³-hybridized carbons (Fsp3) is 0.909. The van der Waals surface area contributed by atoms with Gasteiger partial charge in [0.1, 0.15) is 5.60 Å². The van der Waals surface area contributed by atoms with E-state index in [2.05, 4.69) is 5.43 Å². The van der Waals surface area contributed by atoms with E-state index in [0.29, 0.717) is 12.6 Å². The third-order valence-electron chi connectivity index (χ3n) is 2.74. The Morgan fingerprint density at radius 2 is 2.12 bits per heavy atom. The molecule has 0 saturated carbocycles. The van der Waals surface area contributed by atoms with Crippen molar-refractivity contribution in [2.75, 3.05) is 6.54 Å². The molecule has 0 spiro atoms. The second-order valence-corrected chi connectivity index (χ2v) is 5.41. The molecule has 5 nitrogen and oxygen atoms in total. The van der Waals surface area contributed by atoms with Crippen LogP contribution in [0.1, 0.15) is 40.5 Å². The van der Waals surface area contributed by atoms with Crippen molar-refractivity contribution in [2.24, 2.45) is 5.84 Å². The van der Waals surface area contributed by atoms with Crippen molar-refractivity contribution in [1.29, 1.82) is 0 Å². The van der Waals surface area contributed by atoms with Gasteiger partial charge in [-0.05, 0) is 40.5 Å². The van der Waals surface area contributed by atoms with Crippen molar-refractivity contribution < 1.29 is 9.53 Å². The summed E-state index contributed by atoms with van der Waals surface area (Å²) in [6.07, 6.45) is 1.52. The second kappa shape index (κ2) is 5.01. The minimum atomic E-state index is -0.431. The summed E-state index contributed by atoms with van der Waals surface area (Å²) in [5.41, 5.74) is 2.33. The van der Waals surface area contributed by atoms with E-state index in [4.69, 9.17) is 10.6 Å². The summed E-state index contributed by atoms with van der Waals surface area (Å²) in [4.78, 5) is 13.6. The Labute approximate surface area is 97.3 Å². The van der Waals surface area contributed by atoms with Crippen LogP contribution >= 0.6 is 0 Å². The van der Waals surface area contributed by atoms with E-state index in [0.717, 1.165) is 12.8 Å². The Kier molecular flexibility index (Phi) is 4.15. The quantitative estimate of drug-likeness (QED) is 0.524. The molecule has 1 heterocycles. The molecule has 0 aromatic heterocycles. The Morgan fingerprint density at radius 1 is 1.50 bits per heavy atom. The zero-order chi connectivity index (χ0) is 12.3. The van der Waals surface area contributed by atoms with Crippen LogP contribution in [0, 0.1) is 0 Å². The summed E-state index contributed by atoms with van der Waals surface area (Å²) in [7, 11) is 0. The molecule has 0 radical (unpaired) electrons. The number of carbonyl (C=O) groups excluding carboxylic acids is 1. The van der Waals surface area contributed by atoms with Crippen LogP contribution in [0.3, 0.4) is 0 Å². The van der Waals surface area contributed by atoms with Gasteiger partial charge in [0.05, 0.1) is 0 Å². The Morgan fingerprint density at radius 3 is 2.56 bits per heavy atom. The van der Waals surface area contributed by atoms with Gasteiger partial charge in [-0.15, -0.1) is 0 Å². The topological polar surface area (TPSA) is 67.6 Å². The van der Waals surface area contributed by atoms with Gasteiger partial charge in [0.25, 0.3) is 0 Å². The molecule has 0 aromatic carbocycles. The fourth-order valence-electron chi connectivity index (χ4n) is 1.92. The van der Waals surface area contributed by atoms with Crippen molar-refractivity contribution in [3.05, 3.63) is 0 Å². The standard InChI is InChI=1S/C11H23N3O2/c1-8-7-9(13-12)5-6-14(8)10(15)16-11(2,3)4/h8-9,13H,5-7,12H2,1-4H3. The van der Waals surface area contributed by atoms with Crippen molar-refractivity contribution in [3.8, 4) is 0 Å². The number of amides is 1. The highest BCUT2D eigenvalue weighted by Gasteiger charge is 2.31. The summed E-state index contributed by atoms with van der Waals surface area (Å²) in [6.45, 7) is 8.36. The lowest BCUT2D eigenvalue weighted by Crippen LogP contribution is -2.52. The van der Waals surface area contributed by atoms with Crippen LogP contribution in [0.2, 0.25) is 0 Å². The van der Waals surface area contributed by atoms with Crippen LogP contribution in [0.5, 0.6) is 0 Å². The van der Waals surface area contributed by atoms with E-state index in [1.165, 1.54) is 0 Å². The number of likely N-dealkylation sites (tertiary alicyclic amines) is 1. The van der Waals surface area contributed by atoms with E-state index in [9.17, 15) is 4.79 Å². The van der Waals surface area contributed by atoms with Crippen molar-refractivity contribution in [3.63, 3.8) is 0 Å². The summed E-state index contributed by atoms with van der Waals surface area (Å²) < 4.78 is 5.35. The zero-order valence-corrected chi connectivity index (χ0v) is 10.6. The summed E-state index contributed by atoms with van der Waals surface area (Å²) >= 11 is 0. The zero-order valence-electron chi connectivity index (χ0n) is 10.6. The third kappa shape index (κ3) is 3.64. The van der Waals surface area contributed by atoms with Crippen molar-refractivity contribution in [1.82, 2.24) is 10.3 Å². The number of ether oxygens (including phenoxy) is 1. The molecule has 1 rings (SSSR count). The molecular formula is C11H23N3O2. The first-order valence-electron chi connectivity index (χ1n) is 5.79. The maximum atomic E-state index is 11.9. The van der Waals surface area contributed by atoms with E-state index in [-0.39, 0.29) is 12.1 Å². The maximum Gasteiger partial charge on any atom is 0.410 e. The lowest BCUT2D eigenvalue weighted by molar-refractivity contribution is 0.00939. The summed E-state index contributed by atoms with van der Waals surface area (Å²) in [6, 6.07) is 0.471. The normalized spacial score (nSPS) is 26.7. The highest BCUT2D eigenvalue weighted by Crippen LogP contribution is 2.19. The number of nitrogens with one attached hydrogen (secondary N) is 1. The highest BCUT2D eigenvalue weighted by molar-refractivity contribution is 5.68. The van der Waals surface area contributed by atoms with Crippen LogP contribution in [0.4, 0.5) is 4.79 Å². The molecular weight excluding hydrogens is 206 g/mol. The van der Waals surface area contributed by atoms with Gasteiger partial charge < -0.3 is 9.64 Å². The predicted molar refractivity (Wildman–Crippen MR) is 62.7 cm³/mol. The number of hydrogen-bond donors (Lipinski definition) is 2. The summed E-state index contributed by atoms with van der Waals surface area (Å²) in [5, 5.41) is 0. The maximum absolute atomic E-state index is 11.9. The minimum Gasteiger partial charge on any atom is -0.444 e. The Balaban J connectivity index is 2.52. The van der Waals surface area contributed by atoms with E-state index < -0.39 is 5.60 Å². The lowest BCUT2D eigenvalue weighted by atomic mass is 9.99. The number of hydrazine groups is 1. The van der Waals surface area contributed by atoms with E-state index >= 15 is 0 Å². The van der Waals surface area contributed by atoms with Gasteiger partial charge in [0.15, 0.2) is 0 Å². The SMILES string of the molecule is CC1CC(NN)CCN1C(=O)OC(C)(C)C. The average Bonchev–Trinajstić information content (AvgIpc) is 2.14. The van der Waals surface area contributed by atoms with Gasteiger partial charge >= 0.3 is 6.09 Å². The van der Waals surface area contributed by atoms with Gasteiger partial charge in [-0.2, -0.15) is 0 Å². The van der Waals surface area contributed by atoms with E-state index in [1.54, 1.807) is 4.90 Å². The van der Waals surface area contributed by atoms with Gasteiger partial charge in [-0.3, -0.25) is 11.3 Å². The van der Waals surface area contributed by atoms with Gasteiger partial charge in [0.2, 0.25) is 0 Å². The highest BCUT2D eigenvalue weighted by atomic mass is 16.6. The minimum absolute atomic E-state index is 0.171. The third-order valence-corrected chi connectivity index (χ3v) is 2.74. The lowest BCUT2D eigenvalue weighted by Gasteiger charge is -2.38. The molecule has 3 N–H and O–H groups in total. The first-order chi connectivity index (χ1) is 7.33. The predicted octanol–water partition coefficient (Wildman–Crippen LogP) is 1.24. The van der Waals surface area contributed by atoms with Crippen LogP contribution in [0.25, 0.3) is 0 Å². The number of rotatable bonds is 1. The number of piperidine rings is 1. The first-order valence-corrected chi connectivity index (χ1v) is 5.79. The van der Waals surface area contributed by atoms with Crippen LogP contribution < -0.4 is 11.3 Å². The number of nitrogens with two attached hydrogens (primary N) is 1. The number of carbonyl (C=O) groups is 1. The fourth-order valence-corrected chi connectivity index (χ4v) is 1.92. The molecule has 1 aliphatic rings. The second-order valence-electron chi connectivity index (χ2n) is 5.41. The largest absolute Gasteiger partial charge is 0.444 e. The van der Waals surface area contributed by atoms with Crippen LogP contribution in [-0.4, -0.2) is 35.2 Å². The number of hydrogen-bond acceptors (Lipinski definition) is 4. The monoisotopic (exact) mass is 229 g/mol. The molecule has 2 atom stereocenters. The summed E-state index contributed by atoms with van der Waals surface area (Å²) in [5.74, 6) is 5.40. The molecule has 16 heavy (non-hydrogen) atoms. The first kappa shape index (κ1) is 13.3. The van der Waals surface area contributed by atoms with Crippen LogP contribution in [0.15, 0.2) is 0 Å². The van der Waals surface area contributed by atoms with Gasteiger partial charge in [-0.1, -0.05) is 0 Å². The Bertz CT molecular complexity index is 250. The molecule has 1 saturated heterocycles. The molecule has 5 heteroatoms. The molecule has 1 aliphatic heterocycles. The molecule has 0 aliphatic carbocycles. The molecule has 0 bridgehead atoms. The molecule has 94 valence electrons.